The molecule has 2 N–H and O–H groups in total. The van der Waals surface area contributed by atoms with Gasteiger partial charge in [0, 0.05) is 20.0 Å². The van der Waals surface area contributed by atoms with E-state index in [4.69, 9.17) is 0 Å². The van der Waals surface area contributed by atoms with E-state index in [1.54, 1.807) is 0 Å². The lowest BCUT2D eigenvalue weighted by Gasteiger charge is -2.03. The molecule has 0 radical (unpaired) electrons. The van der Waals surface area contributed by atoms with E-state index in [0.29, 0.717) is 6.42 Å². The lowest BCUT2D eigenvalue weighted by molar-refractivity contribution is -0.386. The second-order valence-electron chi connectivity index (χ2n) is 3.50. The van der Waals surface area contributed by atoms with Crippen LogP contribution in [0.3, 0.4) is 0 Å². The predicted octanol–water partition coefficient (Wildman–Crippen LogP) is -1.03. The van der Waals surface area contributed by atoms with E-state index in [9.17, 15) is 24.5 Å². The first kappa shape index (κ1) is 13.6. The van der Waals surface area contributed by atoms with E-state index in [1.165, 1.54) is 7.05 Å². The maximum Gasteiger partial charge on any atom is 0.350 e. The monoisotopic (exact) mass is 256 g/mol. The van der Waals surface area contributed by atoms with Gasteiger partial charge in [0.2, 0.25) is 5.91 Å². The van der Waals surface area contributed by atoms with Gasteiger partial charge < -0.3 is 5.32 Å². The number of rotatable bonds is 5. The van der Waals surface area contributed by atoms with E-state index >= 15 is 0 Å². The number of aryl methyl sites for hydroxylation is 1. The molecule has 0 fully saturated rings. The average Bonchev–Trinajstić information content (AvgIpc) is 2.31. The third-order valence-corrected chi connectivity index (χ3v) is 2.27. The SMILES string of the molecule is CNC(=O)CCCn1cc([N+](=O)[O-])c(=O)[nH]c1=O. The van der Waals surface area contributed by atoms with Crippen molar-refractivity contribution in [1.29, 1.82) is 0 Å². The van der Waals surface area contributed by atoms with Crippen LogP contribution < -0.4 is 16.6 Å². The van der Waals surface area contributed by atoms with Gasteiger partial charge in [0.1, 0.15) is 0 Å². The highest BCUT2D eigenvalue weighted by Gasteiger charge is 2.14. The minimum atomic E-state index is -1.03. The van der Waals surface area contributed by atoms with Gasteiger partial charge in [0.15, 0.2) is 0 Å². The number of hydrogen-bond acceptors (Lipinski definition) is 5. The van der Waals surface area contributed by atoms with Crippen LogP contribution >= 0.6 is 0 Å². The third kappa shape index (κ3) is 3.27. The van der Waals surface area contributed by atoms with Crippen molar-refractivity contribution in [2.75, 3.05) is 7.05 Å². The van der Waals surface area contributed by atoms with E-state index in [0.717, 1.165) is 10.8 Å². The summed E-state index contributed by atoms with van der Waals surface area (Å²) >= 11 is 0. The summed E-state index contributed by atoms with van der Waals surface area (Å²) in [4.78, 5) is 44.9. The summed E-state index contributed by atoms with van der Waals surface area (Å²) < 4.78 is 1.00. The molecule has 0 aromatic carbocycles. The molecular weight excluding hydrogens is 244 g/mol. The first-order chi connectivity index (χ1) is 8.45. The summed E-state index contributed by atoms with van der Waals surface area (Å²) in [6, 6.07) is 0. The zero-order valence-corrected chi connectivity index (χ0v) is 9.63. The van der Waals surface area contributed by atoms with Crippen molar-refractivity contribution in [2.24, 2.45) is 0 Å². The van der Waals surface area contributed by atoms with E-state index in [1.807, 2.05) is 4.98 Å². The molecule has 18 heavy (non-hydrogen) atoms. The van der Waals surface area contributed by atoms with Crippen LogP contribution in [0.4, 0.5) is 5.69 Å². The fourth-order valence-corrected chi connectivity index (χ4v) is 1.33. The number of amides is 1. The Kier molecular flexibility index (Phi) is 4.35. The molecule has 1 heterocycles. The van der Waals surface area contributed by atoms with Gasteiger partial charge in [0.25, 0.3) is 0 Å². The topological polar surface area (TPSA) is 127 Å². The Morgan fingerprint density at radius 2 is 2.22 bits per heavy atom. The highest BCUT2D eigenvalue weighted by Crippen LogP contribution is 2.00. The van der Waals surface area contributed by atoms with Gasteiger partial charge in [-0.1, -0.05) is 0 Å². The van der Waals surface area contributed by atoms with E-state index < -0.39 is 21.9 Å². The molecular formula is C9H12N4O5. The molecule has 1 rings (SSSR count). The summed E-state index contributed by atoms with van der Waals surface area (Å²) in [6.07, 6.45) is 1.41. The van der Waals surface area contributed by atoms with Crippen molar-refractivity contribution < 1.29 is 9.72 Å². The Morgan fingerprint density at radius 1 is 1.56 bits per heavy atom. The third-order valence-electron chi connectivity index (χ3n) is 2.27. The highest BCUT2D eigenvalue weighted by molar-refractivity contribution is 5.75. The molecule has 9 nitrogen and oxygen atoms in total. The van der Waals surface area contributed by atoms with Gasteiger partial charge in [-0.3, -0.25) is 29.3 Å². The zero-order chi connectivity index (χ0) is 13.7. The molecule has 0 spiro atoms. The van der Waals surface area contributed by atoms with Gasteiger partial charge in [0.05, 0.1) is 11.1 Å². The lowest BCUT2D eigenvalue weighted by atomic mass is 10.3. The van der Waals surface area contributed by atoms with Crippen LogP contribution in [0.25, 0.3) is 0 Å². The second-order valence-corrected chi connectivity index (χ2v) is 3.50. The first-order valence-electron chi connectivity index (χ1n) is 5.14. The minimum absolute atomic E-state index is 0.115. The number of carbonyl (C=O) groups is 1. The Bertz CT molecular complexity index is 573. The minimum Gasteiger partial charge on any atom is -0.359 e. The van der Waals surface area contributed by atoms with E-state index in [-0.39, 0.29) is 18.9 Å². The molecule has 0 saturated carbocycles. The van der Waals surface area contributed by atoms with Gasteiger partial charge >= 0.3 is 16.9 Å². The van der Waals surface area contributed by atoms with Crippen LogP contribution in [0, 0.1) is 10.1 Å². The van der Waals surface area contributed by atoms with Gasteiger partial charge in [-0.25, -0.2) is 4.79 Å². The van der Waals surface area contributed by atoms with Crippen molar-refractivity contribution >= 4 is 11.6 Å². The van der Waals surface area contributed by atoms with Crippen molar-refractivity contribution in [3.05, 3.63) is 37.1 Å². The molecule has 0 aliphatic carbocycles. The quantitative estimate of drug-likeness (QED) is 0.514. The molecule has 1 aromatic rings. The predicted molar refractivity (Wildman–Crippen MR) is 61.3 cm³/mol. The van der Waals surface area contributed by atoms with Crippen molar-refractivity contribution in [3.8, 4) is 0 Å². The van der Waals surface area contributed by atoms with Gasteiger partial charge in [-0.15, -0.1) is 0 Å². The maximum atomic E-state index is 11.3. The number of aromatic nitrogens is 2. The summed E-state index contributed by atoms with van der Waals surface area (Å²) in [5, 5.41) is 12.9. The Morgan fingerprint density at radius 3 is 2.78 bits per heavy atom. The van der Waals surface area contributed by atoms with Crippen molar-refractivity contribution in [1.82, 2.24) is 14.9 Å². The number of nitrogens with zero attached hydrogens (tertiary/aromatic N) is 2. The Labute approximate surface area is 101 Å². The van der Waals surface area contributed by atoms with Gasteiger partial charge in [-0.2, -0.15) is 0 Å². The smallest absolute Gasteiger partial charge is 0.350 e. The Hall–Kier alpha value is -2.45. The molecule has 1 aromatic heterocycles. The number of nitrogens with one attached hydrogen (secondary N) is 2. The molecule has 0 aliphatic heterocycles. The fraction of sp³-hybridized carbons (Fsp3) is 0.444. The normalized spacial score (nSPS) is 10.1. The van der Waals surface area contributed by atoms with Crippen LogP contribution in [0.15, 0.2) is 15.8 Å². The zero-order valence-electron chi connectivity index (χ0n) is 9.63. The molecule has 0 unspecified atom stereocenters. The number of aromatic amines is 1. The van der Waals surface area contributed by atoms with Gasteiger partial charge in [-0.05, 0) is 6.42 Å². The highest BCUT2D eigenvalue weighted by atomic mass is 16.6. The second kappa shape index (κ2) is 5.75. The summed E-state index contributed by atoms with van der Waals surface area (Å²) in [7, 11) is 1.49. The van der Waals surface area contributed by atoms with Crippen LogP contribution in [0.2, 0.25) is 0 Å². The molecule has 0 saturated heterocycles. The van der Waals surface area contributed by atoms with Crippen LogP contribution in [0.1, 0.15) is 12.8 Å². The lowest BCUT2D eigenvalue weighted by Crippen LogP contribution is -2.31. The van der Waals surface area contributed by atoms with Crippen LogP contribution in [-0.4, -0.2) is 27.4 Å². The largest absolute Gasteiger partial charge is 0.359 e. The van der Waals surface area contributed by atoms with E-state index in [2.05, 4.69) is 5.32 Å². The maximum absolute atomic E-state index is 11.3. The summed E-state index contributed by atoms with van der Waals surface area (Å²) in [5.41, 5.74) is -2.47. The number of carbonyl (C=O) groups excluding carboxylic acids is 1. The van der Waals surface area contributed by atoms with Crippen molar-refractivity contribution in [2.45, 2.75) is 19.4 Å². The first-order valence-corrected chi connectivity index (χ1v) is 5.14. The molecule has 9 heteroatoms. The molecule has 1 amide bonds. The van der Waals surface area contributed by atoms with Crippen LogP contribution in [-0.2, 0) is 11.3 Å². The van der Waals surface area contributed by atoms with Crippen molar-refractivity contribution in [3.63, 3.8) is 0 Å². The molecule has 98 valence electrons. The Balaban J connectivity index is 2.86. The average molecular weight is 256 g/mol. The standard InChI is InChI=1S/C9H12N4O5/c1-10-7(14)3-2-4-12-5-6(13(17)18)8(15)11-9(12)16/h5H,2-4H2,1H3,(H,10,14)(H,11,15,16). The molecule has 0 bridgehead atoms. The number of H-pyrrole nitrogens is 1. The van der Waals surface area contributed by atoms with Crippen LogP contribution in [0.5, 0.6) is 0 Å². The molecule has 0 atom stereocenters. The molecule has 0 aliphatic rings. The number of hydrogen-bond donors (Lipinski definition) is 2. The summed E-state index contributed by atoms with van der Waals surface area (Å²) in [6.45, 7) is 0.115. The summed E-state index contributed by atoms with van der Waals surface area (Å²) in [5.74, 6) is -0.193. The number of nitro groups is 1. The fourth-order valence-electron chi connectivity index (χ4n) is 1.33.